The van der Waals surface area contributed by atoms with E-state index >= 15 is 0 Å². The molecule has 0 aliphatic carbocycles. The van der Waals surface area contributed by atoms with Gasteiger partial charge in [-0.15, -0.1) is 0 Å². The molecular weight excluding hydrogens is 208 g/mol. The summed E-state index contributed by atoms with van der Waals surface area (Å²) in [5.41, 5.74) is 0. The van der Waals surface area contributed by atoms with Gasteiger partial charge in [0.2, 0.25) is 10.0 Å². The lowest BCUT2D eigenvalue weighted by atomic mass is 10.1. The first-order chi connectivity index (χ1) is 6.30. The number of aliphatic carboxylic acids is 1. The Bertz CT molecular complexity index is 343. The minimum absolute atomic E-state index is 0.663. The van der Waals surface area contributed by atoms with Gasteiger partial charge in [-0.3, -0.25) is 4.79 Å². The lowest BCUT2D eigenvalue weighted by Crippen LogP contribution is -2.40. The van der Waals surface area contributed by atoms with Crippen molar-refractivity contribution in [3.63, 3.8) is 0 Å². The van der Waals surface area contributed by atoms with Gasteiger partial charge in [0.05, 0.1) is 12.0 Å². The van der Waals surface area contributed by atoms with Crippen LogP contribution in [-0.4, -0.2) is 31.3 Å². The summed E-state index contributed by atoms with van der Waals surface area (Å²) in [6, 6.07) is 0.753. The highest BCUT2D eigenvalue weighted by Crippen LogP contribution is 2.03. The molecule has 7 heteroatoms. The summed E-state index contributed by atoms with van der Waals surface area (Å²) in [6.45, 7) is 2.83. The second-order valence-corrected chi connectivity index (χ2v) is 4.70. The number of hydrogen-bond donors (Lipinski definition) is 2. The highest BCUT2D eigenvalue weighted by molar-refractivity contribution is 7.89. The molecule has 0 aromatic rings. The summed E-state index contributed by atoms with van der Waals surface area (Å²) in [7, 11) is -3.68. The molecule has 0 bridgehead atoms. The second-order valence-electron chi connectivity index (χ2n) is 2.95. The number of carboxylic acid groups (broad SMARTS) is 1. The molecule has 0 aliphatic rings. The van der Waals surface area contributed by atoms with Gasteiger partial charge in [0.25, 0.3) is 0 Å². The number of carboxylic acids is 1. The molecule has 0 saturated carbocycles. The lowest BCUT2D eigenvalue weighted by Gasteiger charge is -2.16. The molecule has 14 heavy (non-hydrogen) atoms. The zero-order chi connectivity index (χ0) is 11.4. The fourth-order valence-electron chi connectivity index (χ4n) is 0.726. The van der Waals surface area contributed by atoms with Gasteiger partial charge in [-0.25, -0.2) is 13.1 Å². The van der Waals surface area contributed by atoms with E-state index in [0.717, 1.165) is 0 Å². The average Bonchev–Trinajstić information content (AvgIpc) is 2.01. The standard InChI is InChI=1S/C7H12N2O4S/c1-5(7(10)11)6(2)9-14(12,13)4-3-8/h5-6,9H,4H2,1-2H3,(H,10,11). The number of nitrogens with zero attached hydrogens (tertiary/aromatic N) is 1. The minimum atomic E-state index is -3.68. The van der Waals surface area contributed by atoms with Crippen LogP contribution in [0.3, 0.4) is 0 Å². The van der Waals surface area contributed by atoms with Crippen LogP contribution in [0.5, 0.6) is 0 Å². The minimum Gasteiger partial charge on any atom is -0.481 e. The number of sulfonamides is 1. The maximum Gasteiger partial charge on any atom is 0.307 e. The van der Waals surface area contributed by atoms with Crippen molar-refractivity contribution in [2.24, 2.45) is 5.92 Å². The first-order valence-corrected chi connectivity index (χ1v) is 5.55. The largest absolute Gasteiger partial charge is 0.481 e. The molecule has 80 valence electrons. The van der Waals surface area contributed by atoms with Crippen LogP contribution < -0.4 is 4.72 Å². The zero-order valence-electron chi connectivity index (χ0n) is 7.89. The Kier molecular flexibility index (Phi) is 4.53. The molecule has 2 unspecified atom stereocenters. The van der Waals surface area contributed by atoms with Crippen molar-refractivity contribution in [3.8, 4) is 6.07 Å². The molecule has 0 aromatic carbocycles. The van der Waals surface area contributed by atoms with E-state index in [1.165, 1.54) is 19.9 Å². The van der Waals surface area contributed by atoms with Gasteiger partial charge in [0.1, 0.15) is 0 Å². The third-order valence-corrected chi connectivity index (χ3v) is 3.00. The molecule has 0 amide bonds. The molecular formula is C7H12N2O4S. The molecule has 0 aliphatic heterocycles. The van der Waals surface area contributed by atoms with Crippen LogP contribution in [0, 0.1) is 17.2 Å². The SMILES string of the molecule is CC(NS(=O)(=O)CC#N)C(C)C(=O)O. The summed E-state index contributed by atoms with van der Waals surface area (Å²) in [4.78, 5) is 10.5. The molecule has 0 rings (SSSR count). The van der Waals surface area contributed by atoms with Gasteiger partial charge in [-0.05, 0) is 6.92 Å². The van der Waals surface area contributed by atoms with Crippen molar-refractivity contribution in [1.29, 1.82) is 5.26 Å². The number of nitriles is 1. The maximum atomic E-state index is 11.0. The van der Waals surface area contributed by atoms with E-state index in [1.54, 1.807) is 0 Å². The predicted molar refractivity (Wildman–Crippen MR) is 48.8 cm³/mol. The van der Waals surface area contributed by atoms with Gasteiger partial charge >= 0.3 is 5.97 Å². The number of nitrogens with one attached hydrogen (secondary N) is 1. The van der Waals surface area contributed by atoms with E-state index in [1.807, 2.05) is 0 Å². The first kappa shape index (κ1) is 12.9. The van der Waals surface area contributed by atoms with E-state index in [-0.39, 0.29) is 0 Å². The van der Waals surface area contributed by atoms with Crippen molar-refractivity contribution in [3.05, 3.63) is 0 Å². The monoisotopic (exact) mass is 220 g/mol. The van der Waals surface area contributed by atoms with E-state index < -0.39 is 33.7 Å². The van der Waals surface area contributed by atoms with Crippen LogP contribution in [-0.2, 0) is 14.8 Å². The Morgan fingerprint density at radius 2 is 2.07 bits per heavy atom. The fraction of sp³-hybridized carbons (Fsp3) is 0.714. The van der Waals surface area contributed by atoms with Crippen molar-refractivity contribution in [2.75, 3.05) is 5.75 Å². The van der Waals surface area contributed by atoms with Crippen LogP contribution >= 0.6 is 0 Å². The average molecular weight is 220 g/mol. The molecule has 2 N–H and O–H groups in total. The molecule has 0 radical (unpaired) electrons. The van der Waals surface area contributed by atoms with Gasteiger partial charge in [-0.2, -0.15) is 5.26 Å². The van der Waals surface area contributed by atoms with Crippen molar-refractivity contribution < 1.29 is 18.3 Å². The van der Waals surface area contributed by atoms with Crippen molar-refractivity contribution in [2.45, 2.75) is 19.9 Å². The predicted octanol–water partition coefficient (Wildman–Crippen LogP) is -0.461. The Morgan fingerprint density at radius 3 is 2.43 bits per heavy atom. The summed E-state index contributed by atoms with van der Waals surface area (Å²) in [5, 5.41) is 16.8. The molecule has 0 aromatic heterocycles. The first-order valence-electron chi connectivity index (χ1n) is 3.90. The molecule has 0 spiro atoms. The maximum absolute atomic E-state index is 11.0. The zero-order valence-corrected chi connectivity index (χ0v) is 8.71. The highest BCUT2D eigenvalue weighted by atomic mass is 32.2. The van der Waals surface area contributed by atoms with Crippen LogP contribution in [0.15, 0.2) is 0 Å². The number of rotatable bonds is 5. The van der Waals surface area contributed by atoms with Crippen LogP contribution in [0.25, 0.3) is 0 Å². The highest BCUT2D eigenvalue weighted by Gasteiger charge is 2.23. The Hall–Kier alpha value is -1.13. The Morgan fingerprint density at radius 1 is 1.57 bits per heavy atom. The second kappa shape index (κ2) is 4.93. The van der Waals surface area contributed by atoms with Crippen LogP contribution in [0.2, 0.25) is 0 Å². The van der Waals surface area contributed by atoms with Gasteiger partial charge in [0, 0.05) is 6.04 Å². The van der Waals surface area contributed by atoms with Crippen LogP contribution in [0.1, 0.15) is 13.8 Å². The third kappa shape index (κ3) is 4.20. The van der Waals surface area contributed by atoms with Gasteiger partial charge < -0.3 is 5.11 Å². The van der Waals surface area contributed by atoms with Crippen molar-refractivity contribution >= 4 is 16.0 Å². The third-order valence-electron chi connectivity index (χ3n) is 1.76. The van der Waals surface area contributed by atoms with E-state index in [2.05, 4.69) is 4.72 Å². The number of carbonyl (C=O) groups is 1. The topological polar surface area (TPSA) is 107 Å². The molecule has 0 heterocycles. The fourth-order valence-corrected chi connectivity index (χ4v) is 1.75. The summed E-state index contributed by atoms with van der Waals surface area (Å²) in [6.07, 6.45) is 0. The summed E-state index contributed by atoms with van der Waals surface area (Å²) >= 11 is 0. The van der Waals surface area contributed by atoms with Crippen LogP contribution in [0.4, 0.5) is 0 Å². The summed E-state index contributed by atoms with van der Waals surface area (Å²) in [5.74, 6) is -2.58. The van der Waals surface area contributed by atoms with E-state index in [9.17, 15) is 13.2 Å². The summed E-state index contributed by atoms with van der Waals surface area (Å²) < 4.78 is 24.2. The quantitative estimate of drug-likeness (QED) is 0.651. The lowest BCUT2D eigenvalue weighted by molar-refractivity contribution is -0.141. The van der Waals surface area contributed by atoms with Crippen molar-refractivity contribution in [1.82, 2.24) is 4.72 Å². The number of hydrogen-bond acceptors (Lipinski definition) is 4. The molecule has 0 fully saturated rings. The molecule has 2 atom stereocenters. The molecule has 0 saturated heterocycles. The van der Waals surface area contributed by atoms with E-state index in [0.29, 0.717) is 0 Å². The smallest absolute Gasteiger partial charge is 0.307 e. The normalized spacial score (nSPS) is 15.5. The Balaban J connectivity index is 4.41. The molecule has 6 nitrogen and oxygen atoms in total. The van der Waals surface area contributed by atoms with Gasteiger partial charge in [0.15, 0.2) is 5.75 Å². The Labute approximate surface area is 82.6 Å². The van der Waals surface area contributed by atoms with E-state index in [4.69, 9.17) is 10.4 Å². The van der Waals surface area contributed by atoms with Gasteiger partial charge in [-0.1, -0.05) is 6.92 Å².